The van der Waals surface area contributed by atoms with Crippen molar-refractivity contribution in [2.75, 3.05) is 0 Å². The van der Waals surface area contributed by atoms with E-state index in [0.717, 1.165) is 0 Å². The van der Waals surface area contributed by atoms with Gasteiger partial charge in [0.25, 0.3) is 0 Å². The van der Waals surface area contributed by atoms with Gasteiger partial charge in [-0.2, -0.15) is 0 Å². The van der Waals surface area contributed by atoms with Crippen molar-refractivity contribution in [3.05, 3.63) is 194 Å². The lowest BCUT2D eigenvalue weighted by Gasteiger charge is -2.18. The van der Waals surface area contributed by atoms with Crippen molar-refractivity contribution in [1.29, 1.82) is 0 Å². The molecule has 1 aromatic heterocycles. The van der Waals surface area contributed by atoms with Crippen molar-refractivity contribution >= 4 is 96.1 Å². The Balaban J connectivity index is 0.983. The Kier molecular flexibility index (Phi) is 6.60. The Morgan fingerprint density at radius 1 is 0.236 bits per heavy atom. The summed E-state index contributed by atoms with van der Waals surface area (Å²) < 4.78 is 2.74. The van der Waals surface area contributed by atoms with Crippen LogP contribution < -0.4 is 0 Å². The summed E-state index contributed by atoms with van der Waals surface area (Å²) in [5, 5.41) is 18.3. The molecule has 0 unspecified atom stereocenters. The third-order valence-corrected chi connectivity index (χ3v) is 13.1. The van der Waals surface area contributed by atoms with E-state index in [1.165, 1.54) is 118 Å². The van der Waals surface area contributed by atoms with Gasteiger partial charge in [-0.05, 0) is 111 Å². The number of hydrogen-bond acceptors (Lipinski definition) is 1. The highest BCUT2D eigenvalue weighted by Gasteiger charge is 2.18. The number of benzene rings is 11. The molecular weight excluding hydrogens is 681 g/mol. The standard InChI is InChI=1S/C54H32S/c1-2-12-33(13-3-1)50-44-17-7-9-19-46(44)51(47-20-10-8-18-45(47)50)39-25-24-35-30-34(22-23-36(35)32-39)37-26-28-40-38(31-37)27-29-49-52-43-16-6-4-14-41(43)42-15-5-11-21-48(42)54(52)55-53(40)49/h1-32H. The lowest BCUT2D eigenvalue weighted by molar-refractivity contribution is 1.66. The molecule has 0 saturated carbocycles. The summed E-state index contributed by atoms with van der Waals surface area (Å²) in [7, 11) is 0. The molecule has 0 aliphatic heterocycles. The molecule has 11 aromatic carbocycles. The fourth-order valence-corrected chi connectivity index (χ4v) is 10.7. The lowest BCUT2D eigenvalue weighted by Crippen LogP contribution is -1.90. The first kappa shape index (κ1) is 30.6. The Morgan fingerprint density at radius 3 is 1.33 bits per heavy atom. The highest BCUT2D eigenvalue weighted by atomic mass is 32.1. The van der Waals surface area contributed by atoms with E-state index in [4.69, 9.17) is 0 Å². The van der Waals surface area contributed by atoms with Crippen LogP contribution in [0, 0.1) is 0 Å². The zero-order valence-corrected chi connectivity index (χ0v) is 30.7. The van der Waals surface area contributed by atoms with Gasteiger partial charge in [-0.3, -0.25) is 0 Å². The van der Waals surface area contributed by atoms with Gasteiger partial charge in [0, 0.05) is 25.6 Å². The molecule has 0 aliphatic carbocycles. The van der Waals surface area contributed by atoms with Crippen LogP contribution in [0.1, 0.15) is 0 Å². The van der Waals surface area contributed by atoms with Gasteiger partial charge in [-0.1, -0.05) is 176 Å². The molecule has 1 heteroatoms. The maximum absolute atomic E-state index is 2.38. The van der Waals surface area contributed by atoms with E-state index >= 15 is 0 Å². The first-order valence-electron chi connectivity index (χ1n) is 19.0. The number of thiophene rings is 1. The zero-order chi connectivity index (χ0) is 36.0. The number of hydrogen-bond donors (Lipinski definition) is 0. The normalized spacial score (nSPS) is 12.0. The molecule has 0 bridgehead atoms. The fraction of sp³-hybridized carbons (Fsp3) is 0. The molecule has 0 amide bonds. The summed E-state index contributed by atoms with van der Waals surface area (Å²) in [6.45, 7) is 0. The van der Waals surface area contributed by atoms with Crippen LogP contribution >= 0.6 is 11.3 Å². The van der Waals surface area contributed by atoms with E-state index < -0.39 is 0 Å². The van der Waals surface area contributed by atoms with Crippen molar-refractivity contribution in [2.45, 2.75) is 0 Å². The van der Waals surface area contributed by atoms with Crippen molar-refractivity contribution in [2.24, 2.45) is 0 Å². The minimum absolute atomic E-state index is 1.23. The van der Waals surface area contributed by atoms with Gasteiger partial charge in [0.2, 0.25) is 0 Å². The quantitative estimate of drug-likeness (QED) is 0.126. The van der Waals surface area contributed by atoms with E-state index in [9.17, 15) is 0 Å². The molecule has 0 N–H and O–H groups in total. The minimum Gasteiger partial charge on any atom is -0.134 e. The molecule has 0 saturated heterocycles. The molecule has 0 nitrogen and oxygen atoms in total. The van der Waals surface area contributed by atoms with Gasteiger partial charge in [0.1, 0.15) is 0 Å². The van der Waals surface area contributed by atoms with Gasteiger partial charge in [-0.15, -0.1) is 11.3 Å². The summed E-state index contributed by atoms with van der Waals surface area (Å²) in [5.41, 5.74) is 7.55. The molecule has 12 aromatic rings. The van der Waals surface area contributed by atoms with Gasteiger partial charge in [0.05, 0.1) is 0 Å². The molecule has 0 spiro atoms. The molecule has 55 heavy (non-hydrogen) atoms. The number of fused-ring (bicyclic) bond motifs is 13. The van der Waals surface area contributed by atoms with E-state index in [1.807, 2.05) is 11.3 Å². The molecule has 1 heterocycles. The van der Waals surface area contributed by atoms with Crippen LogP contribution in [-0.2, 0) is 0 Å². The predicted octanol–water partition coefficient (Wildman–Crippen LogP) is 16.0. The van der Waals surface area contributed by atoms with Crippen LogP contribution in [0.15, 0.2) is 194 Å². The Bertz CT molecular complexity index is 3480. The molecule has 254 valence electrons. The molecule has 0 radical (unpaired) electrons. The van der Waals surface area contributed by atoms with Gasteiger partial charge in [-0.25, -0.2) is 0 Å². The van der Waals surface area contributed by atoms with Crippen LogP contribution in [0.25, 0.3) is 118 Å². The number of rotatable bonds is 3. The first-order chi connectivity index (χ1) is 27.3. The monoisotopic (exact) mass is 712 g/mol. The summed E-state index contributed by atoms with van der Waals surface area (Å²) in [4.78, 5) is 0. The second-order valence-electron chi connectivity index (χ2n) is 14.8. The van der Waals surface area contributed by atoms with Gasteiger partial charge >= 0.3 is 0 Å². The van der Waals surface area contributed by atoms with Gasteiger partial charge in [0.15, 0.2) is 0 Å². The van der Waals surface area contributed by atoms with Crippen LogP contribution in [0.2, 0.25) is 0 Å². The SMILES string of the molecule is c1ccc(-c2c3ccccc3c(-c3ccc4cc(-c5ccc6c(ccc7c6sc6c8ccccc8c8ccccc8c76)c5)ccc4c3)c3ccccc23)cc1. The highest BCUT2D eigenvalue weighted by molar-refractivity contribution is 7.27. The van der Waals surface area contributed by atoms with Gasteiger partial charge < -0.3 is 0 Å². The van der Waals surface area contributed by atoms with Crippen molar-refractivity contribution < 1.29 is 0 Å². The van der Waals surface area contributed by atoms with Crippen molar-refractivity contribution in [3.8, 4) is 33.4 Å². The maximum Gasteiger partial charge on any atom is 0.0440 e. The van der Waals surface area contributed by atoms with E-state index in [1.54, 1.807) is 0 Å². The van der Waals surface area contributed by atoms with Crippen molar-refractivity contribution in [1.82, 2.24) is 0 Å². The Morgan fingerprint density at radius 2 is 0.673 bits per heavy atom. The molecular formula is C54H32S. The molecule has 12 rings (SSSR count). The summed E-state index contributed by atoms with van der Waals surface area (Å²) >= 11 is 1.94. The predicted molar refractivity (Wildman–Crippen MR) is 241 cm³/mol. The average Bonchev–Trinajstić information content (AvgIpc) is 3.66. The summed E-state index contributed by atoms with van der Waals surface area (Å²) in [6.07, 6.45) is 0. The first-order valence-corrected chi connectivity index (χ1v) is 19.8. The van der Waals surface area contributed by atoms with Crippen molar-refractivity contribution in [3.63, 3.8) is 0 Å². The van der Waals surface area contributed by atoms with E-state index in [2.05, 4.69) is 194 Å². The van der Waals surface area contributed by atoms with Crippen LogP contribution in [0.5, 0.6) is 0 Å². The second-order valence-corrected chi connectivity index (χ2v) is 15.8. The summed E-state index contributed by atoms with van der Waals surface area (Å²) in [5.74, 6) is 0. The molecule has 0 fully saturated rings. The highest BCUT2D eigenvalue weighted by Crippen LogP contribution is 2.47. The Labute approximate surface area is 322 Å². The van der Waals surface area contributed by atoms with Crippen LogP contribution in [-0.4, -0.2) is 0 Å². The third-order valence-electron chi connectivity index (χ3n) is 11.8. The smallest absolute Gasteiger partial charge is 0.0440 e. The average molecular weight is 713 g/mol. The summed E-state index contributed by atoms with van der Waals surface area (Å²) in [6, 6.07) is 72.0. The fourth-order valence-electron chi connectivity index (χ4n) is 9.31. The Hall–Kier alpha value is -6.80. The van der Waals surface area contributed by atoms with E-state index in [-0.39, 0.29) is 0 Å². The molecule has 0 aliphatic rings. The van der Waals surface area contributed by atoms with Crippen LogP contribution in [0.4, 0.5) is 0 Å². The van der Waals surface area contributed by atoms with Crippen LogP contribution in [0.3, 0.4) is 0 Å². The zero-order valence-electron chi connectivity index (χ0n) is 29.9. The lowest BCUT2D eigenvalue weighted by atomic mass is 9.85. The topological polar surface area (TPSA) is 0 Å². The minimum atomic E-state index is 1.23. The third kappa shape index (κ3) is 4.57. The second kappa shape index (κ2) is 11.9. The largest absolute Gasteiger partial charge is 0.134 e. The molecule has 0 atom stereocenters. The van der Waals surface area contributed by atoms with E-state index in [0.29, 0.717) is 0 Å². The maximum atomic E-state index is 2.38.